The van der Waals surface area contributed by atoms with E-state index < -0.39 is 11.9 Å². The highest BCUT2D eigenvalue weighted by atomic mass is 35.5. The standard InChI is InChI=1S/C11H13ClFNO2/c1-7(15)6-14(2)11(16)8-3-4-9(12)10(13)5-8/h3-5,7,15H,6H2,1-2H3. The Morgan fingerprint density at radius 3 is 2.75 bits per heavy atom. The molecule has 1 atom stereocenters. The second-order valence-electron chi connectivity index (χ2n) is 3.66. The van der Waals surface area contributed by atoms with Crippen LogP contribution < -0.4 is 0 Å². The van der Waals surface area contributed by atoms with Crippen molar-refractivity contribution in [3.8, 4) is 0 Å². The lowest BCUT2D eigenvalue weighted by atomic mass is 10.2. The molecule has 1 unspecified atom stereocenters. The summed E-state index contributed by atoms with van der Waals surface area (Å²) in [6, 6.07) is 3.87. The summed E-state index contributed by atoms with van der Waals surface area (Å²) in [6.45, 7) is 1.77. The first kappa shape index (κ1) is 12.9. The SMILES string of the molecule is CC(O)CN(C)C(=O)c1ccc(Cl)c(F)c1. The second-order valence-corrected chi connectivity index (χ2v) is 4.07. The molecule has 0 spiro atoms. The van der Waals surface area contributed by atoms with Gasteiger partial charge in [0, 0.05) is 19.2 Å². The Morgan fingerprint density at radius 2 is 2.25 bits per heavy atom. The molecule has 1 rings (SSSR count). The lowest BCUT2D eigenvalue weighted by molar-refractivity contribution is 0.0703. The summed E-state index contributed by atoms with van der Waals surface area (Å²) < 4.78 is 13.1. The second kappa shape index (κ2) is 5.27. The van der Waals surface area contributed by atoms with Crippen LogP contribution in [0.2, 0.25) is 5.02 Å². The van der Waals surface area contributed by atoms with Crippen LogP contribution in [0.15, 0.2) is 18.2 Å². The van der Waals surface area contributed by atoms with Crippen LogP contribution in [0.4, 0.5) is 4.39 Å². The van der Waals surface area contributed by atoms with Gasteiger partial charge in [-0.15, -0.1) is 0 Å². The number of carbonyl (C=O) groups is 1. The van der Waals surface area contributed by atoms with E-state index >= 15 is 0 Å². The molecule has 0 bridgehead atoms. The summed E-state index contributed by atoms with van der Waals surface area (Å²) in [5, 5.41) is 9.11. The fourth-order valence-electron chi connectivity index (χ4n) is 1.33. The van der Waals surface area contributed by atoms with E-state index in [1.54, 1.807) is 14.0 Å². The number of rotatable bonds is 3. The number of halogens is 2. The summed E-state index contributed by atoms with van der Waals surface area (Å²) in [7, 11) is 1.54. The number of hydrogen-bond acceptors (Lipinski definition) is 2. The van der Waals surface area contributed by atoms with Gasteiger partial charge in [0.15, 0.2) is 0 Å². The molecular weight excluding hydrogens is 233 g/mol. The van der Waals surface area contributed by atoms with E-state index in [9.17, 15) is 9.18 Å². The van der Waals surface area contributed by atoms with Gasteiger partial charge in [-0.2, -0.15) is 0 Å². The fourth-order valence-corrected chi connectivity index (χ4v) is 1.45. The molecule has 0 saturated carbocycles. The minimum absolute atomic E-state index is 0.0188. The molecule has 0 aliphatic rings. The minimum Gasteiger partial charge on any atom is -0.392 e. The van der Waals surface area contributed by atoms with Crippen LogP contribution in [0.5, 0.6) is 0 Å². The average Bonchev–Trinajstić information content (AvgIpc) is 2.20. The molecule has 5 heteroatoms. The normalized spacial score (nSPS) is 12.3. The van der Waals surface area contributed by atoms with Crippen molar-refractivity contribution in [3.05, 3.63) is 34.6 Å². The zero-order chi connectivity index (χ0) is 12.3. The maximum absolute atomic E-state index is 13.1. The van der Waals surface area contributed by atoms with Crippen molar-refractivity contribution in [3.63, 3.8) is 0 Å². The highest BCUT2D eigenvalue weighted by Gasteiger charge is 2.14. The molecule has 1 aromatic rings. The van der Waals surface area contributed by atoms with Gasteiger partial charge in [0.25, 0.3) is 5.91 Å². The number of benzene rings is 1. The van der Waals surface area contributed by atoms with E-state index in [4.69, 9.17) is 16.7 Å². The first-order valence-corrected chi connectivity index (χ1v) is 5.18. The number of amides is 1. The van der Waals surface area contributed by atoms with Crippen LogP contribution in [0.1, 0.15) is 17.3 Å². The molecular formula is C11H13ClFNO2. The van der Waals surface area contributed by atoms with E-state index in [1.807, 2.05) is 0 Å². The number of aliphatic hydroxyl groups is 1. The number of hydrogen-bond donors (Lipinski definition) is 1. The van der Waals surface area contributed by atoms with Gasteiger partial charge in [0.2, 0.25) is 0 Å². The van der Waals surface area contributed by atoms with Gasteiger partial charge >= 0.3 is 0 Å². The van der Waals surface area contributed by atoms with Gasteiger partial charge in [-0.05, 0) is 25.1 Å². The Morgan fingerprint density at radius 1 is 1.62 bits per heavy atom. The van der Waals surface area contributed by atoms with E-state index in [1.165, 1.54) is 17.0 Å². The number of likely N-dealkylation sites (N-methyl/N-ethyl adjacent to an activating group) is 1. The lowest BCUT2D eigenvalue weighted by Crippen LogP contribution is -2.33. The third-order valence-electron chi connectivity index (χ3n) is 2.05. The molecule has 1 N–H and O–H groups in total. The van der Waals surface area contributed by atoms with Crippen LogP contribution >= 0.6 is 11.6 Å². The summed E-state index contributed by atoms with van der Waals surface area (Å²) in [5.74, 6) is -0.977. The van der Waals surface area contributed by atoms with Gasteiger partial charge in [0.1, 0.15) is 5.82 Å². The quantitative estimate of drug-likeness (QED) is 0.884. The Labute approximate surface area is 98.4 Å². The molecule has 16 heavy (non-hydrogen) atoms. The lowest BCUT2D eigenvalue weighted by Gasteiger charge is -2.18. The summed E-state index contributed by atoms with van der Waals surface area (Å²) in [5.41, 5.74) is 0.213. The van der Waals surface area contributed by atoms with Crippen molar-refractivity contribution in [1.82, 2.24) is 4.90 Å². The predicted octanol–water partition coefficient (Wildman–Crippen LogP) is 1.93. The van der Waals surface area contributed by atoms with Crippen molar-refractivity contribution in [2.45, 2.75) is 13.0 Å². The van der Waals surface area contributed by atoms with E-state index in [0.29, 0.717) is 0 Å². The molecule has 1 amide bonds. The molecule has 0 radical (unpaired) electrons. The molecule has 0 fully saturated rings. The van der Waals surface area contributed by atoms with Crippen LogP contribution in [0, 0.1) is 5.82 Å². The predicted molar refractivity (Wildman–Crippen MR) is 60.1 cm³/mol. The molecule has 0 saturated heterocycles. The highest BCUT2D eigenvalue weighted by Crippen LogP contribution is 2.16. The van der Waals surface area contributed by atoms with Crippen molar-refractivity contribution >= 4 is 17.5 Å². The van der Waals surface area contributed by atoms with E-state index in [2.05, 4.69) is 0 Å². The Kier molecular flexibility index (Phi) is 4.26. The Hall–Kier alpha value is -1.13. The van der Waals surface area contributed by atoms with Crippen molar-refractivity contribution in [1.29, 1.82) is 0 Å². The molecule has 0 aromatic heterocycles. The van der Waals surface area contributed by atoms with Crippen LogP contribution in [0.3, 0.4) is 0 Å². The van der Waals surface area contributed by atoms with Crippen molar-refractivity contribution in [2.75, 3.05) is 13.6 Å². The van der Waals surface area contributed by atoms with Gasteiger partial charge in [-0.3, -0.25) is 4.79 Å². The Bertz CT molecular complexity index is 396. The van der Waals surface area contributed by atoms with Gasteiger partial charge in [0.05, 0.1) is 11.1 Å². The monoisotopic (exact) mass is 245 g/mol. The van der Waals surface area contributed by atoms with Crippen LogP contribution in [-0.4, -0.2) is 35.6 Å². The maximum Gasteiger partial charge on any atom is 0.253 e. The maximum atomic E-state index is 13.1. The number of nitrogens with zero attached hydrogens (tertiary/aromatic N) is 1. The summed E-state index contributed by atoms with van der Waals surface area (Å²) in [4.78, 5) is 13.1. The first-order chi connectivity index (χ1) is 7.41. The molecule has 3 nitrogen and oxygen atoms in total. The minimum atomic E-state index is -0.627. The van der Waals surface area contributed by atoms with Gasteiger partial charge in [-0.1, -0.05) is 11.6 Å². The zero-order valence-electron chi connectivity index (χ0n) is 9.08. The molecule has 0 aliphatic carbocycles. The first-order valence-electron chi connectivity index (χ1n) is 4.80. The van der Waals surface area contributed by atoms with Crippen molar-refractivity contribution < 1.29 is 14.3 Å². The third kappa shape index (κ3) is 3.18. The van der Waals surface area contributed by atoms with Crippen molar-refractivity contribution in [2.24, 2.45) is 0 Å². The third-order valence-corrected chi connectivity index (χ3v) is 2.36. The number of carbonyl (C=O) groups excluding carboxylic acids is 1. The number of aliphatic hydroxyl groups excluding tert-OH is 1. The summed E-state index contributed by atoms with van der Waals surface area (Å²) in [6.07, 6.45) is -0.619. The highest BCUT2D eigenvalue weighted by molar-refractivity contribution is 6.30. The molecule has 88 valence electrons. The molecule has 0 heterocycles. The average molecular weight is 246 g/mol. The molecule has 0 aliphatic heterocycles. The van der Waals surface area contributed by atoms with Gasteiger partial charge in [-0.25, -0.2) is 4.39 Å². The largest absolute Gasteiger partial charge is 0.392 e. The summed E-state index contributed by atoms with van der Waals surface area (Å²) >= 11 is 5.51. The topological polar surface area (TPSA) is 40.5 Å². The van der Waals surface area contributed by atoms with E-state index in [0.717, 1.165) is 6.07 Å². The van der Waals surface area contributed by atoms with Crippen LogP contribution in [-0.2, 0) is 0 Å². The smallest absolute Gasteiger partial charge is 0.253 e. The molecule has 1 aromatic carbocycles. The fraction of sp³-hybridized carbons (Fsp3) is 0.364. The van der Waals surface area contributed by atoms with Crippen LogP contribution in [0.25, 0.3) is 0 Å². The Balaban J connectivity index is 2.84. The zero-order valence-corrected chi connectivity index (χ0v) is 9.83. The van der Waals surface area contributed by atoms with E-state index in [-0.39, 0.29) is 23.0 Å². The van der Waals surface area contributed by atoms with Gasteiger partial charge < -0.3 is 10.0 Å².